The maximum atomic E-state index is 12.4. The second kappa shape index (κ2) is 8.10. The number of hydrogen-bond donors (Lipinski definition) is 1. The number of amides is 1. The van der Waals surface area contributed by atoms with Crippen molar-refractivity contribution < 1.29 is 9.53 Å². The zero-order chi connectivity index (χ0) is 17.8. The molecule has 0 atom stereocenters. The van der Waals surface area contributed by atoms with Gasteiger partial charge in [0, 0.05) is 13.6 Å². The summed E-state index contributed by atoms with van der Waals surface area (Å²) >= 11 is 1.27. The third kappa shape index (κ3) is 4.10. The molecule has 1 amide bonds. The van der Waals surface area contributed by atoms with Gasteiger partial charge in [0.2, 0.25) is 0 Å². The minimum absolute atomic E-state index is 0.116. The molecule has 136 valence electrons. The predicted octanol–water partition coefficient (Wildman–Crippen LogP) is 2.77. The monoisotopic (exact) mass is 363 g/mol. The van der Waals surface area contributed by atoms with E-state index >= 15 is 0 Å². The summed E-state index contributed by atoms with van der Waals surface area (Å²) < 4.78 is 7.33. The summed E-state index contributed by atoms with van der Waals surface area (Å²) in [5.74, 6) is -0.160. The normalized spacial score (nSPS) is 16.1. The molecule has 0 aromatic carbocycles. The number of aryl methyl sites for hydroxylation is 2. The Hall–Kier alpha value is -1.73. The first-order valence-corrected chi connectivity index (χ1v) is 9.74. The highest BCUT2D eigenvalue weighted by atomic mass is 32.1. The zero-order valence-corrected chi connectivity index (χ0v) is 15.7. The lowest BCUT2D eigenvalue weighted by Crippen LogP contribution is -2.28. The maximum Gasteiger partial charge on any atom is 0.262 e. The number of nitrogens with one attached hydrogen (secondary N) is 1. The summed E-state index contributed by atoms with van der Waals surface area (Å²) in [7, 11) is 1.66. The lowest BCUT2D eigenvalue weighted by molar-refractivity contribution is 0.0442. The number of hydrogen-bond acceptors (Lipinski definition) is 5. The molecule has 1 aliphatic rings. The van der Waals surface area contributed by atoms with E-state index in [1.165, 1.54) is 47.9 Å². The minimum atomic E-state index is -0.160. The molecule has 6 nitrogen and oxygen atoms in total. The molecule has 7 heteroatoms. The van der Waals surface area contributed by atoms with Crippen LogP contribution in [0.5, 0.6) is 0 Å². The lowest BCUT2D eigenvalue weighted by Gasteiger charge is -2.15. The number of ether oxygens (including phenoxy) is 1. The van der Waals surface area contributed by atoms with Gasteiger partial charge >= 0.3 is 0 Å². The van der Waals surface area contributed by atoms with Crippen molar-refractivity contribution in [3.63, 3.8) is 0 Å². The topological polar surface area (TPSA) is 73.2 Å². The van der Waals surface area contributed by atoms with Crippen LogP contribution in [0.15, 0.2) is 11.1 Å². The molecule has 1 N–H and O–H groups in total. The highest BCUT2D eigenvalue weighted by molar-refractivity contribution is 7.20. The van der Waals surface area contributed by atoms with Crippen molar-refractivity contribution in [3.8, 4) is 0 Å². The number of aromatic nitrogens is 2. The van der Waals surface area contributed by atoms with Crippen molar-refractivity contribution >= 4 is 27.5 Å². The third-order valence-electron chi connectivity index (χ3n) is 4.76. The number of carbonyl (C=O) groups is 1. The number of rotatable bonds is 5. The van der Waals surface area contributed by atoms with Crippen molar-refractivity contribution in [1.29, 1.82) is 0 Å². The molecule has 0 spiro atoms. The predicted molar refractivity (Wildman–Crippen MR) is 99.4 cm³/mol. The molecule has 25 heavy (non-hydrogen) atoms. The van der Waals surface area contributed by atoms with Crippen LogP contribution in [0.3, 0.4) is 0 Å². The number of thiophene rings is 1. The molecule has 1 saturated carbocycles. The van der Waals surface area contributed by atoms with Crippen LogP contribution in [-0.2, 0) is 11.8 Å². The van der Waals surface area contributed by atoms with Gasteiger partial charge in [-0.2, -0.15) is 0 Å². The Kier molecular flexibility index (Phi) is 5.86. The van der Waals surface area contributed by atoms with Crippen molar-refractivity contribution in [3.05, 3.63) is 27.1 Å². The van der Waals surface area contributed by atoms with Crippen LogP contribution in [0.4, 0.5) is 0 Å². The largest absolute Gasteiger partial charge is 0.376 e. The molecule has 0 saturated heterocycles. The smallest absolute Gasteiger partial charge is 0.262 e. The van der Waals surface area contributed by atoms with Crippen LogP contribution in [0.2, 0.25) is 0 Å². The summed E-state index contributed by atoms with van der Waals surface area (Å²) in [5, 5.41) is 3.44. The van der Waals surface area contributed by atoms with E-state index in [2.05, 4.69) is 10.3 Å². The SMILES string of the molecule is Cc1c(C(=O)NCCOC2CCCCCC2)sc2ncn(C)c(=O)c12. The van der Waals surface area contributed by atoms with Gasteiger partial charge in [0.1, 0.15) is 4.83 Å². The lowest BCUT2D eigenvalue weighted by atomic mass is 10.1. The number of carbonyl (C=O) groups excluding carboxylic acids is 1. The molecule has 0 unspecified atom stereocenters. The Morgan fingerprint density at radius 1 is 1.36 bits per heavy atom. The molecular weight excluding hydrogens is 338 g/mol. The number of nitrogens with zero attached hydrogens (tertiary/aromatic N) is 2. The van der Waals surface area contributed by atoms with Crippen LogP contribution in [0, 0.1) is 6.92 Å². The van der Waals surface area contributed by atoms with Crippen molar-refractivity contribution in [2.75, 3.05) is 13.2 Å². The van der Waals surface area contributed by atoms with Crippen molar-refractivity contribution in [1.82, 2.24) is 14.9 Å². The van der Waals surface area contributed by atoms with E-state index in [-0.39, 0.29) is 11.5 Å². The molecule has 3 rings (SSSR count). The first-order valence-electron chi connectivity index (χ1n) is 8.92. The first kappa shape index (κ1) is 18.1. The molecular formula is C18H25N3O3S. The zero-order valence-electron chi connectivity index (χ0n) is 14.8. The van der Waals surface area contributed by atoms with Crippen LogP contribution in [-0.4, -0.2) is 34.7 Å². The van der Waals surface area contributed by atoms with Gasteiger partial charge in [-0.15, -0.1) is 11.3 Å². The molecule has 2 aromatic heterocycles. The quantitative estimate of drug-likeness (QED) is 0.655. The Balaban J connectivity index is 1.58. The van der Waals surface area contributed by atoms with Crippen LogP contribution in [0.1, 0.15) is 53.8 Å². The van der Waals surface area contributed by atoms with E-state index in [0.29, 0.717) is 39.9 Å². The van der Waals surface area contributed by atoms with E-state index in [9.17, 15) is 9.59 Å². The van der Waals surface area contributed by atoms with Crippen molar-refractivity contribution in [2.45, 2.75) is 51.6 Å². The Bertz CT molecular complexity index is 804. The fourth-order valence-electron chi connectivity index (χ4n) is 3.30. The fourth-order valence-corrected chi connectivity index (χ4v) is 4.36. The van der Waals surface area contributed by atoms with Crippen molar-refractivity contribution in [2.24, 2.45) is 7.05 Å². The first-order chi connectivity index (χ1) is 12.1. The molecule has 0 aliphatic heterocycles. The van der Waals surface area contributed by atoms with E-state index in [0.717, 1.165) is 12.8 Å². The van der Waals surface area contributed by atoms with Gasteiger partial charge in [0.15, 0.2) is 0 Å². The van der Waals surface area contributed by atoms with Gasteiger partial charge in [-0.1, -0.05) is 25.7 Å². The molecule has 2 aromatic rings. The fraction of sp³-hybridized carbons (Fsp3) is 0.611. The standard InChI is InChI=1S/C18H25N3O3S/c1-12-14-17(20-11-21(2)18(14)23)25-15(12)16(22)19-9-10-24-13-7-5-3-4-6-8-13/h11,13H,3-10H2,1-2H3,(H,19,22). The highest BCUT2D eigenvalue weighted by Gasteiger charge is 2.19. The third-order valence-corrected chi connectivity index (χ3v) is 5.96. The van der Waals surface area contributed by atoms with E-state index in [1.54, 1.807) is 14.0 Å². The van der Waals surface area contributed by atoms with Crippen LogP contribution >= 0.6 is 11.3 Å². The second-order valence-corrected chi connectivity index (χ2v) is 7.64. The van der Waals surface area contributed by atoms with Crippen LogP contribution in [0.25, 0.3) is 10.2 Å². The van der Waals surface area contributed by atoms with Gasteiger partial charge in [0.25, 0.3) is 11.5 Å². The molecule has 0 bridgehead atoms. The van der Waals surface area contributed by atoms with Crippen LogP contribution < -0.4 is 10.9 Å². The van der Waals surface area contributed by atoms with Gasteiger partial charge in [-0.05, 0) is 25.3 Å². The molecule has 0 radical (unpaired) electrons. The summed E-state index contributed by atoms with van der Waals surface area (Å²) in [6.45, 7) is 2.81. The summed E-state index contributed by atoms with van der Waals surface area (Å²) in [5.41, 5.74) is 0.588. The average Bonchev–Trinajstić information content (AvgIpc) is 2.77. The minimum Gasteiger partial charge on any atom is -0.376 e. The molecule has 2 heterocycles. The van der Waals surface area contributed by atoms with Gasteiger partial charge in [-0.25, -0.2) is 4.98 Å². The summed E-state index contributed by atoms with van der Waals surface area (Å²) in [6.07, 6.45) is 9.14. The number of fused-ring (bicyclic) bond motifs is 1. The van der Waals surface area contributed by atoms with Gasteiger partial charge < -0.3 is 14.6 Å². The average molecular weight is 363 g/mol. The molecule has 1 aliphatic carbocycles. The van der Waals surface area contributed by atoms with E-state index < -0.39 is 0 Å². The Labute approximate surface area is 151 Å². The summed E-state index contributed by atoms with van der Waals surface area (Å²) in [6, 6.07) is 0. The summed E-state index contributed by atoms with van der Waals surface area (Å²) in [4.78, 5) is 30.1. The maximum absolute atomic E-state index is 12.4. The highest BCUT2D eigenvalue weighted by Crippen LogP contribution is 2.26. The Morgan fingerprint density at radius 2 is 2.08 bits per heavy atom. The second-order valence-electron chi connectivity index (χ2n) is 6.64. The molecule has 1 fully saturated rings. The van der Waals surface area contributed by atoms with E-state index in [4.69, 9.17) is 4.74 Å². The Morgan fingerprint density at radius 3 is 2.80 bits per heavy atom. The van der Waals surface area contributed by atoms with E-state index in [1.807, 2.05) is 0 Å². The van der Waals surface area contributed by atoms with Gasteiger partial charge in [-0.3, -0.25) is 9.59 Å². The van der Waals surface area contributed by atoms with Gasteiger partial charge in [0.05, 0.1) is 29.3 Å².